The first-order valence-electron chi connectivity index (χ1n) is 5.54. The maximum atomic E-state index is 5.73. The van der Waals surface area contributed by atoms with E-state index in [9.17, 15) is 0 Å². The van der Waals surface area contributed by atoms with Gasteiger partial charge in [-0.3, -0.25) is 0 Å². The normalized spacial score (nSPS) is 11.0. The summed E-state index contributed by atoms with van der Waals surface area (Å²) < 4.78 is 2.16. The SMILES string of the molecule is CCn1ccnc1N(CCCCl)C(C)C. The van der Waals surface area contributed by atoms with Gasteiger partial charge < -0.3 is 9.47 Å². The smallest absolute Gasteiger partial charge is 0.205 e. The van der Waals surface area contributed by atoms with E-state index in [-0.39, 0.29) is 0 Å². The molecule has 1 aromatic heterocycles. The third-order valence-electron chi connectivity index (χ3n) is 2.45. The lowest BCUT2D eigenvalue weighted by atomic mass is 10.3. The van der Waals surface area contributed by atoms with Crippen LogP contribution in [0.4, 0.5) is 5.95 Å². The topological polar surface area (TPSA) is 21.1 Å². The average Bonchev–Trinajstić information content (AvgIpc) is 2.66. The van der Waals surface area contributed by atoms with Crippen molar-refractivity contribution in [2.45, 2.75) is 39.8 Å². The van der Waals surface area contributed by atoms with Gasteiger partial charge in [-0.2, -0.15) is 0 Å². The van der Waals surface area contributed by atoms with Crippen molar-refractivity contribution in [3.8, 4) is 0 Å². The van der Waals surface area contributed by atoms with Gasteiger partial charge in [-0.1, -0.05) is 0 Å². The molecule has 0 aliphatic rings. The molecule has 0 aliphatic heterocycles. The molecule has 0 atom stereocenters. The summed E-state index contributed by atoms with van der Waals surface area (Å²) in [6.07, 6.45) is 4.87. The van der Waals surface area contributed by atoms with E-state index in [4.69, 9.17) is 11.6 Å². The number of halogens is 1. The Balaban J connectivity index is 2.78. The molecular formula is C11H20ClN3. The Bertz CT molecular complexity index is 283. The Morgan fingerprint density at radius 3 is 2.80 bits per heavy atom. The maximum Gasteiger partial charge on any atom is 0.205 e. The molecule has 1 aromatic rings. The number of imidazole rings is 1. The van der Waals surface area contributed by atoms with Crippen molar-refractivity contribution in [2.24, 2.45) is 0 Å². The summed E-state index contributed by atoms with van der Waals surface area (Å²) in [5.41, 5.74) is 0. The van der Waals surface area contributed by atoms with Crippen LogP contribution in [-0.4, -0.2) is 28.0 Å². The fraction of sp³-hybridized carbons (Fsp3) is 0.727. The molecular weight excluding hydrogens is 210 g/mol. The van der Waals surface area contributed by atoms with E-state index in [2.05, 4.69) is 35.2 Å². The van der Waals surface area contributed by atoms with Crippen molar-refractivity contribution in [1.29, 1.82) is 0 Å². The van der Waals surface area contributed by atoms with Gasteiger partial charge in [-0.25, -0.2) is 4.98 Å². The summed E-state index contributed by atoms with van der Waals surface area (Å²) in [7, 11) is 0. The molecule has 0 radical (unpaired) electrons. The number of rotatable bonds is 6. The van der Waals surface area contributed by atoms with Crippen molar-refractivity contribution in [3.05, 3.63) is 12.4 Å². The van der Waals surface area contributed by atoms with Crippen molar-refractivity contribution in [3.63, 3.8) is 0 Å². The van der Waals surface area contributed by atoms with Crippen LogP contribution in [-0.2, 0) is 6.54 Å². The van der Waals surface area contributed by atoms with E-state index >= 15 is 0 Å². The molecule has 86 valence electrons. The molecule has 0 saturated heterocycles. The lowest BCUT2D eigenvalue weighted by Crippen LogP contribution is -2.34. The molecule has 0 spiro atoms. The number of aryl methyl sites for hydroxylation is 1. The minimum absolute atomic E-state index is 0.459. The molecule has 1 heterocycles. The van der Waals surface area contributed by atoms with E-state index in [1.807, 2.05) is 12.4 Å². The van der Waals surface area contributed by atoms with Crippen molar-refractivity contribution in [1.82, 2.24) is 9.55 Å². The second-order valence-corrected chi connectivity index (χ2v) is 4.22. The highest BCUT2D eigenvalue weighted by atomic mass is 35.5. The van der Waals surface area contributed by atoms with Gasteiger partial charge in [0, 0.05) is 37.4 Å². The number of nitrogens with zero attached hydrogens (tertiary/aromatic N) is 3. The highest BCUT2D eigenvalue weighted by molar-refractivity contribution is 6.17. The second-order valence-electron chi connectivity index (χ2n) is 3.84. The minimum Gasteiger partial charge on any atom is -0.340 e. The molecule has 0 saturated carbocycles. The summed E-state index contributed by atoms with van der Waals surface area (Å²) >= 11 is 5.73. The fourth-order valence-electron chi connectivity index (χ4n) is 1.63. The molecule has 1 rings (SSSR count). The first kappa shape index (κ1) is 12.4. The second kappa shape index (κ2) is 6.01. The van der Waals surface area contributed by atoms with Crippen LogP contribution in [0, 0.1) is 0 Å². The zero-order valence-electron chi connectivity index (χ0n) is 9.78. The summed E-state index contributed by atoms with van der Waals surface area (Å²) in [6.45, 7) is 8.43. The molecule has 3 nitrogen and oxygen atoms in total. The van der Waals surface area contributed by atoms with Gasteiger partial charge >= 0.3 is 0 Å². The Labute approximate surface area is 97.1 Å². The van der Waals surface area contributed by atoms with Gasteiger partial charge in [0.1, 0.15) is 0 Å². The molecule has 15 heavy (non-hydrogen) atoms. The van der Waals surface area contributed by atoms with Crippen LogP contribution in [0.1, 0.15) is 27.2 Å². The van der Waals surface area contributed by atoms with Crippen LogP contribution in [0.3, 0.4) is 0 Å². The van der Waals surface area contributed by atoms with Crippen molar-refractivity contribution >= 4 is 17.5 Å². The minimum atomic E-state index is 0.459. The van der Waals surface area contributed by atoms with E-state index in [1.165, 1.54) is 0 Å². The third kappa shape index (κ3) is 3.13. The zero-order valence-corrected chi connectivity index (χ0v) is 10.5. The molecule has 0 bridgehead atoms. The van der Waals surface area contributed by atoms with Gasteiger partial charge in [0.05, 0.1) is 0 Å². The zero-order chi connectivity index (χ0) is 11.3. The van der Waals surface area contributed by atoms with E-state index in [0.29, 0.717) is 11.9 Å². The van der Waals surface area contributed by atoms with Crippen LogP contribution in [0.25, 0.3) is 0 Å². The summed E-state index contributed by atoms with van der Waals surface area (Å²) in [4.78, 5) is 6.70. The third-order valence-corrected chi connectivity index (χ3v) is 2.71. The van der Waals surface area contributed by atoms with E-state index in [0.717, 1.165) is 25.5 Å². The molecule has 0 aliphatic carbocycles. The van der Waals surface area contributed by atoms with Gasteiger partial charge in [0.15, 0.2) is 0 Å². The molecule has 0 unspecified atom stereocenters. The highest BCUT2D eigenvalue weighted by Crippen LogP contribution is 2.15. The largest absolute Gasteiger partial charge is 0.340 e. The Hall–Kier alpha value is -0.700. The quantitative estimate of drug-likeness (QED) is 0.700. The molecule has 0 fully saturated rings. The Morgan fingerprint density at radius 1 is 1.53 bits per heavy atom. The van der Waals surface area contributed by atoms with Gasteiger partial charge in [-0.05, 0) is 27.2 Å². The number of alkyl halides is 1. The number of hydrogen-bond donors (Lipinski definition) is 0. The van der Waals surface area contributed by atoms with Crippen LogP contribution in [0.15, 0.2) is 12.4 Å². The predicted molar refractivity (Wildman–Crippen MR) is 65.7 cm³/mol. The van der Waals surface area contributed by atoms with Gasteiger partial charge in [0.2, 0.25) is 5.95 Å². The van der Waals surface area contributed by atoms with Crippen molar-refractivity contribution in [2.75, 3.05) is 17.3 Å². The van der Waals surface area contributed by atoms with Gasteiger partial charge in [0.25, 0.3) is 0 Å². The molecule has 4 heteroatoms. The lowest BCUT2D eigenvalue weighted by Gasteiger charge is -2.28. The molecule has 0 N–H and O–H groups in total. The number of anilines is 1. The Kier molecular flexibility index (Phi) is 4.95. The van der Waals surface area contributed by atoms with Crippen LogP contribution in [0.5, 0.6) is 0 Å². The fourth-order valence-corrected chi connectivity index (χ4v) is 1.75. The average molecular weight is 230 g/mol. The highest BCUT2D eigenvalue weighted by Gasteiger charge is 2.14. The van der Waals surface area contributed by atoms with E-state index in [1.54, 1.807) is 0 Å². The monoisotopic (exact) mass is 229 g/mol. The first-order valence-corrected chi connectivity index (χ1v) is 6.07. The predicted octanol–water partition coefficient (Wildman–Crippen LogP) is 2.75. The van der Waals surface area contributed by atoms with Crippen LogP contribution >= 0.6 is 11.6 Å². The number of aromatic nitrogens is 2. The summed E-state index contributed by atoms with van der Waals surface area (Å²) in [5, 5.41) is 0. The van der Waals surface area contributed by atoms with Crippen LogP contribution < -0.4 is 4.90 Å². The lowest BCUT2D eigenvalue weighted by molar-refractivity contribution is 0.622. The summed E-state index contributed by atoms with van der Waals surface area (Å²) in [6, 6.07) is 0.459. The van der Waals surface area contributed by atoms with Crippen LogP contribution in [0.2, 0.25) is 0 Å². The summed E-state index contributed by atoms with van der Waals surface area (Å²) in [5.74, 6) is 1.76. The first-order chi connectivity index (χ1) is 7.20. The molecule has 0 aromatic carbocycles. The Morgan fingerprint density at radius 2 is 2.27 bits per heavy atom. The van der Waals surface area contributed by atoms with Gasteiger partial charge in [-0.15, -0.1) is 11.6 Å². The molecule has 0 amide bonds. The standard InChI is InChI=1S/C11H20ClN3/c1-4-14-9-7-13-11(14)15(10(2)3)8-5-6-12/h7,9-10H,4-6,8H2,1-3H3. The maximum absolute atomic E-state index is 5.73. The van der Waals surface area contributed by atoms with Crippen molar-refractivity contribution < 1.29 is 0 Å². The van der Waals surface area contributed by atoms with E-state index < -0.39 is 0 Å². The number of hydrogen-bond acceptors (Lipinski definition) is 2.